The number of aryl methyl sites for hydroxylation is 1. The lowest BCUT2D eigenvalue weighted by Crippen LogP contribution is -2.43. The smallest absolute Gasteiger partial charge is 0.328 e. The molecule has 0 bridgehead atoms. The Balaban J connectivity index is 2.20. The third-order valence-electron chi connectivity index (χ3n) is 3.59. The molecule has 4 nitrogen and oxygen atoms in total. The first-order valence-electron chi connectivity index (χ1n) is 7.20. The number of methoxy groups -OCH3 is 1. The molecule has 23 heavy (non-hydrogen) atoms. The van der Waals surface area contributed by atoms with E-state index in [2.05, 4.69) is 5.32 Å². The van der Waals surface area contributed by atoms with Crippen LogP contribution in [0.5, 0.6) is 0 Å². The van der Waals surface area contributed by atoms with E-state index in [9.17, 15) is 9.59 Å². The number of esters is 1. The number of amides is 1. The fourth-order valence-electron chi connectivity index (χ4n) is 2.28. The number of halogens is 1. The number of rotatable bonds is 5. The van der Waals surface area contributed by atoms with Crippen LogP contribution in [0.3, 0.4) is 0 Å². The first-order chi connectivity index (χ1) is 11.0. The molecule has 0 aliphatic rings. The number of hydrogen-bond donors (Lipinski definition) is 1. The van der Waals surface area contributed by atoms with Crippen molar-refractivity contribution in [1.82, 2.24) is 5.32 Å². The summed E-state index contributed by atoms with van der Waals surface area (Å²) < 4.78 is 4.80. The standard InChI is InChI=1S/C18H18ClNO3/c1-12-7-3-4-8-13(12)11-16(18(22)23-2)20-17(21)14-9-5-6-10-15(14)19/h3-10,16H,11H2,1-2H3,(H,20,21)/t16-/m1/s1. The van der Waals surface area contributed by atoms with Crippen molar-refractivity contribution < 1.29 is 14.3 Å². The van der Waals surface area contributed by atoms with E-state index < -0.39 is 17.9 Å². The van der Waals surface area contributed by atoms with Gasteiger partial charge in [-0.2, -0.15) is 0 Å². The highest BCUT2D eigenvalue weighted by atomic mass is 35.5. The third-order valence-corrected chi connectivity index (χ3v) is 3.92. The predicted octanol–water partition coefficient (Wildman–Crippen LogP) is 3.16. The average Bonchev–Trinajstić information content (AvgIpc) is 2.55. The van der Waals surface area contributed by atoms with Gasteiger partial charge in [-0.25, -0.2) is 4.79 Å². The number of ether oxygens (including phenoxy) is 1. The molecule has 2 rings (SSSR count). The van der Waals surface area contributed by atoms with Gasteiger partial charge < -0.3 is 10.1 Å². The van der Waals surface area contributed by atoms with Gasteiger partial charge in [-0.3, -0.25) is 4.79 Å². The molecular formula is C18H18ClNO3. The Morgan fingerprint density at radius 1 is 1.13 bits per heavy atom. The van der Waals surface area contributed by atoms with E-state index in [1.165, 1.54) is 7.11 Å². The van der Waals surface area contributed by atoms with Crippen molar-refractivity contribution in [3.8, 4) is 0 Å². The van der Waals surface area contributed by atoms with Crippen LogP contribution in [-0.2, 0) is 16.0 Å². The topological polar surface area (TPSA) is 55.4 Å². The molecule has 0 saturated heterocycles. The monoisotopic (exact) mass is 331 g/mol. The summed E-state index contributed by atoms with van der Waals surface area (Å²) >= 11 is 6.02. The van der Waals surface area contributed by atoms with Gasteiger partial charge in [0.05, 0.1) is 17.7 Å². The van der Waals surface area contributed by atoms with Crippen LogP contribution >= 0.6 is 11.6 Å². The van der Waals surface area contributed by atoms with Gasteiger partial charge in [0.15, 0.2) is 0 Å². The number of nitrogens with one attached hydrogen (secondary N) is 1. The van der Waals surface area contributed by atoms with E-state index in [0.717, 1.165) is 11.1 Å². The maximum absolute atomic E-state index is 12.4. The second-order valence-electron chi connectivity index (χ2n) is 5.16. The summed E-state index contributed by atoms with van der Waals surface area (Å²) in [6.45, 7) is 1.96. The van der Waals surface area contributed by atoms with E-state index >= 15 is 0 Å². The number of benzene rings is 2. The molecule has 0 aromatic heterocycles. The van der Waals surface area contributed by atoms with Gasteiger partial charge in [0.2, 0.25) is 0 Å². The van der Waals surface area contributed by atoms with Crippen molar-refractivity contribution in [3.63, 3.8) is 0 Å². The van der Waals surface area contributed by atoms with Gasteiger partial charge in [0, 0.05) is 6.42 Å². The Labute approximate surface area is 140 Å². The lowest BCUT2D eigenvalue weighted by molar-refractivity contribution is -0.142. The van der Waals surface area contributed by atoms with Crippen molar-refractivity contribution in [2.75, 3.05) is 7.11 Å². The quantitative estimate of drug-likeness (QED) is 0.856. The SMILES string of the molecule is COC(=O)[C@@H](Cc1ccccc1C)NC(=O)c1ccccc1Cl. The molecule has 0 radical (unpaired) electrons. The van der Waals surface area contributed by atoms with E-state index in [1.807, 2.05) is 31.2 Å². The summed E-state index contributed by atoms with van der Waals surface area (Å²) in [5.74, 6) is -0.895. The van der Waals surface area contributed by atoms with E-state index in [-0.39, 0.29) is 0 Å². The van der Waals surface area contributed by atoms with Crippen LogP contribution in [0.15, 0.2) is 48.5 Å². The van der Waals surface area contributed by atoms with Gasteiger partial charge in [-0.15, -0.1) is 0 Å². The first-order valence-corrected chi connectivity index (χ1v) is 7.58. The molecule has 120 valence electrons. The van der Waals surface area contributed by atoms with Crippen molar-refractivity contribution >= 4 is 23.5 Å². The van der Waals surface area contributed by atoms with Gasteiger partial charge in [-0.05, 0) is 30.2 Å². The number of hydrogen-bond acceptors (Lipinski definition) is 3. The Hall–Kier alpha value is -2.33. The minimum Gasteiger partial charge on any atom is -0.467 e. The molecule has 0 spiro atoms. The predicted molar refractivity (Wildman–Crippen MR) is 89.6 cm³/mol. The summed E-state index contributed by atoms with van der Waals surface area (Å²) in [5, 5.41) is 3.04. The zero-order valence-electron chi connectivity index (χ0n) is 13.0. The third kappa shape index (κ3) is 4.33. The maximum Gasteiger partial charge on any atom is 0.328 e. The zero-order chi connectivity index (χ0) is 16.8. The Morgan fingerprint density at radius 2 is 1.78 bits per heavy atom. The van der Waals surface area contributed by atoms with Crippen LogP contribution in [0.2, 0.25) is 5.02 Å². The zero-order valence-corrected chi connectivity index (χ0v) is 13.8. The molecule has 0 heterocycles. The Bertz CT molecular complexity index is 715. The van der Waals surface area contributed by atoms with E-state index in [1.54, 1.807) is 24.3 Å². The van der Waals surface area contributed by atoms with Crippen LogP contribution < -0.4 is 5.32 Å². The Kier molecular flexibility index (Phi) is 5.77. The molecule has 0 aliphatic heterocycles. The molecule has 5 heteroatoms. The van der Waals surface area contributed by atoms with Crippen molar-refractivity contribution in [1.29, 1.82) is 0 Å². The average molecular weight is 332 g/mol. The summed E-state index contributed by atoms with van der Waals surface area (Å²) in [7, 11) is 1.30. The summed E-state index contributed by atoms with van der Waals surface area (Å²) in [6.07, 6.45) is 0.357. The van der Waals surface area contributed by atoms with E-state index in [0.29, 0.717) is 17.0 Å². The summed E-state index contributed by atoms with van der Waals surface area (Å²) in [6, 6.07) is 13.6. The Morgan fingerprint density at radius 3 is 2.43 bits per heavy atom. The fraction of sp³-hybridized carbons (Fsp3) is 0.222. The van der Waals surface area contributed by atoms with Gasteiger partial charge >= 0.3 is 5.97 Å². The minimum atomic E-state index is -0.773. The number of carbonyl (C=O) groups is 2. The summed E-state index contributed by atoms with van der Waals surface area (Å²) in [4.78, 5) is 24.4. The first kappa shape index (κ1) is 17.0. The second kappa shape index (κ2) is 7.79. The van der Waals surface area contributed by atoms with Crippen LogP contribution in [0.1, 0.15) is 21.5 Å². The molecular weight excluding hydrogens is 314 g/mol. The largest absolute Gasteiger partial charge is 0.467 e. The van der Waals surface area contributed by atoms with Gasteiger partial charge in [-0.1, -0.05) is 48.0 Å². The molecule has 2 aromatic rings. The maximum atomic E-state index is 12.4. The highest BCUT2D eigenvalue weighted by Gasteiger charge is 2.23. The highest BCUT2D eigenvalue weighted by Crippen LogP contribution is 2.16. The molecule has 1 N–H and O–H groups in total. The molecule has 1 atom stereocenters. The minimum absolute atomic E-state index is 0.327. The molecule has 2 aromatic carbocycles. The molecule has 0 unspecified atom stereocenters. The van der Waals surface area contributed by atoms with Crippen LogP contribution in [0.25, 0.3) is 0 Å². The molecule has 0 fully saturated rings. The van der Waals surface area contributed by atoms with Gasteiger partial charge in [0.25, 0.3) is 5.91 Å². The van der Waals surface area contributed by atoms with Crippen molar-refractivity contribution in [2.24, 2.45) is 0 Å². The van der Waals surface area contributed by atoms with Crippen LogP contribution in [-0.4, -0.2) is 25.0 Å². The molecule has 1 amide bonds. The second-order valence-corrected chi connectivity index (χ2v) is 5.57. The molecule has 0 aliphatic carbocycles. The van der Waals surface area contributed by atoms with Crippen molar-refractivity contribution in [3.05, 3.63) is 70.2 Å². The lowest BCUT2D eigenvalue weighted by atomic mass is 10.0. The number of carbonyl (C=O) groups excluding carboxylic acids is 2. The normalized spacial score (nSPS) is 11.6. The van der Waals surface area contributed by atoms with Crippen LogP contribution in [0.4, 0.5) is 0 Å². The lowest BCUT2D eigenvalue weighted by Gasteiger charge is -2.18. The molecule has 0 saturated carbocycles. The highest BCUT2D eigenvalue weighted by molar-refractivity contribution is 6.33. The van der Waals surface area contributed by atoms with Crippen molar-refractivity contribution in [2.45, 2.75) is 19.4 Å². The van der Waals surface area contributed by atoms with Crippen LogP contribution in [0, 0.1) is 6.92 Å². The van der Waals surface area contributed by atoms with E-state index in [4.69, 9.17) is 16.3 Å². The summed E-state index contributed by atoms with van der Waals surface area (Å²) in [5.41, 5.74) is 2.35. The fourth-order valence-corrected chi connectivity index (χ4v) is 2.50. The van der Waals surface area contributed by atoms with Gasteiger partial charge in [0.1, 0.15) is 6.04 Å².